The highest BCUT2D eigenvalue weighted by Gasteiger charge is 2.17. The molecule has 0 radical (unpaired) electrons. The van der Waals surface area contributed by atoms with Crippen LogP contribution in [0.4, 0.5) is 0 Å². The van der Waals surface area contributed by atoms with Crippen LogP contribution in [0.5, 0.6) is 0 Å². The van der Waals surface area contributed by atoms with Crippen LogP contribution in [0.2, 0.25) is 0 Å². The lowest BCUT2D eigenvalue weighted by Gasteiger charge is -2.17. The largest absolute Gasteiger partial charge is 0.383 e. The summed E-state index contributed by atoms with van der Waals surface area (Å²) >= 11 is 5.14. The van der Waals surface area contributed by atoms with E-state index in [1.54, 1.807) is 11.3 Å². The average molecular weight is 287 g/mol. The minimum absolute atomic E-state index is 0.375. The zero-order valence-electron chi connectivity index (χ0n) is 8.79. The van der Waals surface area contributed by atoms with E-state index in [4.69, 9.17) is 0 Å². The fourth-order valence-electron chi connectivity index (χ4n) is 1.91. The van der Waals surface area contributed by atoms with Crippen molar-refractivity contribution >= 4 is 27.3 Å². The molecule has 1 aliphatic rings. The molecule has 0 fully saturated rings. The lowest BCUT2D eigenvalue weighted by atomic mass is 9.95. The second kappa shape index (κ2) is 4.81. The normalized spacial score (nSPS) is 18.7. The van der Waals surface area contributed by atoms with Crippen molar-refractivity contribution < 1.29 is 5.11 Å². The van der Waals surface area contributed by atoms with Gasteiger partial charge >= 0.3 is 0 Å². The highest BCUT2D eigenvalue weighted by atomic mass is 79.9. The number of aliphatic hydroxyl groups is 1. The lowest BCUT2D eigenvalue weighted by Crippen LogP contribution is -2.02. The molecule has 1 N–H and O–H groups in total. The number of allylic oxidation sites excluding steroid dienone is 1. The van der Waals surface area contributed by atoms with Crippen LogP contribution in [0.3, 0.4) is 0 Å². The molecular formula is C12H15BrOS. The highest BCUT2D eigenvalue weighted by molar-refractivity contribution is 9.11. The monoisotopic (exact) mass is 286 g/mol. The lowest BCUT2D eigenvalue weighted by molar-refractivity contribution is 0.212. The fourth-order valence-corrected chi connectivity index (χ4v) is 3.51. The second-order valence-electron chi connectivity index (χ2n) is 4.03. The summed E-state index contributed by atoms with van der Waals surface area (Å²) in [5.74, 6) is 0. The molecule has 1 atom stereocenters. The summed E-state index contributed by atoms with van der Waals surface area (Å²) in [4.78, 5) is 1.06. The topological polar surface area (TPSA) is 20.2 Å². The number of hydrogen-bond donors (Lipinski definition) is 1. The van der Waals surface area contributed by atoms with Crippen molar-refractivity contribution in [1.82, 2.24) is 0 Å². The summed E-state index contributed by atoms with van der Waals surface area (Å²) in [5.41, 5.74) is 2.42. The predicted octanol–water partition coefficient (Wildman–Crippen LogP) is 4.35. The minimum atomic E-state index is -0.375. The van der Waals surface area contributed by atoms with Gasteiger partial charge in [-0.15, -0.1) is 11.3 Å². The van der Waals surface area contributed by atoms with Gasteiger partial charge in [0.2, 0.25) is 0 Å². The van der Waals surface area contributed by atoms with Gasteiger partial charge in [0.1, 0.15) is 6.10 Å². The van der Waals surface area contributed by atoms with Gasteiger partial charge in [-0.05, 0) is 65.7 Å². The van der Waals surface area contributed by atoms with E-state index in [9.17, 15) is 5.11 Å². The smallest absolute Gasteiger partial charge is 0.109 e. The van der Waals surface area contributed by atoms with E-state index in [0.29, 0.717) is 0 Å². The molecular weight excluding hydrogens is 272 g/mol. The molecule has 0 amide bonds. The molecule has 1 aromatic heterocycles. The van der Waals surface area contributed by atoms with Crippen molar-refractivity contribution in [2.45, 2.75) is 38.7 Å². The Kier molecular flexibility index (Phi) is 3.65. The summed E-state index contributed by atoms with van der Waals surface area (Å²) in [5, 5.41) is 10.2. The third-order valence-corrected chi connectivity index (χ3v) is 5.01. The van der Waals surface area contributed by atoms with Crippen LogP contribution in [-0.4, -0.2) is 5.11 Å². The molecule has 1 aromatic rings. The van der Waals surface area contributed by atoms with Crippen molar-refractivity contribution in [2.75, 3.05) is 0 Å². The summed E-state index contributed by atoms with van der Waals surface area (Å²) in [6, 6.07) is 2.08. The van der Waals surface area contributed by atoms with Gasteiger partial charge in [-0.3, -0.25) is 0 Å². The van der Waals surface area contributed by atoms with E-state index in [-0.39, 0.29) is 6.10 Å². The van der Waals surface area contributed by atoms with Crippen molar-refractivity contribution in [3.8, 4) is 0 Å². The minimum Gasteiger partial charge on any atom is -0.383 e. The average Bonchev–Trinajstić information content (AvgIpc) is 2.59. The zero-order valence-corrected chi connectivity index (χ0v) is 11.2. The van der Waals surface area contributed by atoms with E-state index < -0.39 is 0 Å². The molecule has 0 bridgehead atoms. The first-order valence-electron chi connectivity index (χ1n) is 5.31. The van der Waals surface area contributed by atoms with Gasteiger partial charge in [-0.1, -0.05) is 6.08 Å². The SMILES string of the molecule is Cc1cc(C(O)C2=CCCCC2)sc1Br. The van der Waals surface area contributed by atoms with Gasteiger partial charge in [0.15, 0.2) is 0 Å². The second-order valence-corrected chi connectivity index (χ2v) is 6.43. The van der Waals surface area contributed by atoms with Crippen LogP contribution in [0.15, 0.2) is 21.5 Å². The Balaban J connectivity index is 2.19. The van der Waals surface area contributed by atoms with Crippen LogP contribution in [0.1, 0.15) is 42.2 Å². The molecule has 3 heteroatoms. The van der Waals surface area contributed by atoms with E-state index in [1.807, 2.05) is 0 Å². The van der Waals surface area contributed by atoms with Crippen LogP contribution in [0.25, 0.3) is 0 Å². The van der Waals surface area contributed by atoms with Gasteiger partial charge < -0.3 is 5.11 Å². The Morgan fingerprint density at radius 3 is 2.80 bits per heavy atom. The number of thiophene rings is 1. The maximum absolute atomic E-state index is 10.2. The van der Waals surface area contributed by atoms with Gasteiger partial charge in [0.05, 0.1) is 3.79 Å². The van der Waals surface area contributed by atoms with Crippen LogP contribution in [-0.2, 0) is 0 Å². The van der Waals surface area contributed by atoms with Gasteiger partial charge in [0, 0.05) is 4.88 Å². The van der Waals surface area contributed by atoms with Gasteiger partial charge in [-0.2, -0.15) is 0 Å². The van der Waals surface area contributed by atoms with E-state index >= 15 is 0 Å². The molecule has 82 valence electrons. The van der Waals surface area contributed by atoms with E-state index in [0.717, 1.165) is 21.5 Å². The van der Waals surface area contributed by atoms with Crippen molar-refractivity contribution in [3.05, 3.63) is 31.9 Å². The number of aliphatic hydroxyl groups excluding tert-OH is 1. The summed E-state index contributed by atoms with van der Waals surface area (Å²) in [6.45, 7) is 2.06. The third kappa shape index (κ3) is 2.52. The molecule has 15 heavy (non-hydrogen) atoms. The molecule has 2 rings (SSSR count). The molecule has 1 nitrogen and oxygen atoms in total. The van der Waals surface area contributed by atoms with E-state index in [2.05, 4.69) is 35.0 Å². The van der Waals surface area contributed by atoms with Crippen LogP contribution < -0.4 is 0 Å². The third-order valence-electron chi connectivity index (χ3n) is 2.82. The first-order valence-corrected chi connectivity index (χ1v) is 6.92. The molecule has 0 saturated heterocycles. The number of rotatable bonds is 2. The number of halogens is 1. The number of aryl methyl sites for hydroxylation is 1. The van der Waals surface area contributed by atoms with Crippen molar-refractivity contribution in [1.29, 1.82) is 0 Å². The highest BCUT2D eigenvalue weighted by Crippen LogP contribution is 2.36. The quantitative estimate of drug-likeness (QED) is 0.802. The molecule has 1 heterocycles. The standard InChI is InChI=1S/C12H15BrOS/c1-8-7-10(15-12(8)13)11(14)9-5-3-2-4-6-9/h5,7,11,14H,2-4,6H2,1H3. The summed E-state index contributed by atoms with van der Waals surface area (Å²) < 4.78 is 1.13. The predicted molar refractivity (Wildman–Crippen MR) is 68.3 cm³/mol. The Morgan fingerprint density at radius 2 is 2.27 bits per heavy atom. The van der Waals surface area contributed by atoms with E-state index in [1.165, 1.54) is 24.0 Å². The first kappa shape index (κ1) is 11.4. The molecule has 0 spiro atoms. The molecule has 1 aliphatic carbocycles. The molecule has 1 unspecified atom stereocenters. The summed E-state index contributed by atoms with van der Waals surface area (Å²) in [6.07, 6.45) is 6.49. The molecule has 0 aliphatic heterocycles. The Labute approximate surface area is 103 Å². The maximum atomic E-state index is 10.2. The van der Waals surface area contributed by atoms with Gasteiger partial charge in [0.25, 0.3) is 0 Å². The Morgan fingerprint density at radius 1 is 1.47 bits per heavy atom. The number of hydrogen-bond acceptors (Lipinski definition) is 2. The Bertz CT molecular complexity index is 361. The van der Waals surface area contributed by atoms with Crippen LogP contribution in [0, 0.1) is 6.92 Å². The van der Waals surface area contributed by atoms with Gasteiger partial charge in [-0.25, -0.2) is 0 Å². The molecule has 0 aromatic carbocycles. The Hall–Kier alpha value is -0.120. The van der Waals surface area contributed by atoms with Crippen molar-refractivity contribution in [3.63, 3.8) is 0 Å². The van der Waals surface area contributed by atoms with Crippen molar-refractivity contribution in [2.24, 2.45) is 0 Å². The molecule has 0 saturated carbocycles. The maximum Gasteiger partial charge on any atom is 0.109 e. The zero-order chi connectivity index (χ0) is 10.8. The van der Waals surface area contributed by atoms with Crippen LogP contribution >= 0.6 is 27.3 Å². The first-order chi connectivity index (χ1) is 7.18. The fraction of sp³-hybridized carbons (Fsp3) is 0.500. The summed E-state index contributed by atoms with van der Waals surface area (Å²) in [7, 11) is 0.